The van der Waals surface area contributed by atoms with Gasteiger partial charge in [0, 0.05) is 0 Å². The van der Waals surface area contributed by atoms with Crippen LogP contribution >= 0.6 is 0 Å². The minimum absolute atomic E-state index is 0.0509. The van der Waals surface area contributed by atoms with Crippen LogP contribution in [-0.4, -0.2) is 12.4 Å². The van der Waals surface area contributed by atoms with E-state index in [0.29, 0.717) is 0 Å². The van der Waals surface area contributed by atoms with Crippen molar-refractivity contribution in [2.24, 2.45) is 0 Å². The summed E-state index contributed by atoms with van der Waals surface area (Å²) < 4.78 is 10.7. The predicted octanol–water partition coefficient (Wildman–Crippen LogP) is 2.74. The number of hydrogen-bond acceptors (Lipinski definition) is 2. The van der Waals surface area contributed by atoms with Gasteiger partial charge in [-0.05, 0) is 27.2 Å². The van der Waals surface area contributed by atoms with Gasteiger partial charge in [-0.1, -0.05) is 13.3 Å². The molecule has 0 spiro atoms. The minimum Gasteiger partial charge on any atom is -0.350 e. The van der Waals surface area contributed by atoms with Crippen molar-refractivity contribution in [3.63, 3.8) is 0 Å². The van der Waals surface area contributed by atoms with Gasteiger partial charge in [0.05, 0.1) is 12.7 Å². The smallest absolute Gasteiger partial charge is 0.158 e. The summed E-state index contributed by atoms with van der Waals surface area (Å²) in [4.78, 5) is 0. The fraction of sp³-hybridized carbons (Fsp3) is 0.889. The molecule has 1 radical (unpaired) electrons. The molecule has 0 saturated carbocycles. The molecule has 0 heterocycles. The van der Waals surface area contributed by atoms with Crippen LogP contribution in [0.25, 0.3) is 0 Å². The van der Waals surface area contributed by atoms with E-state index in [1.165, 1.54) is 0 Å². The third-order valence-corrected chi connectivity index (χ3v) is 1.24. The van der Waals surface area contributed by atoms with Crippen LogP contribution in [0.3, 0.4) is 0 Å². The zero-order valence-corrected chi connectivity index (χ0v) is 7.96. The van der Waals surface area contributed by atoms with E-state index in [1.807, 2.05) is 20.8 Å². The lowest BCUT2D eigenvalue weighted by molar-refractivity contribution is -0.146. The molecule has 0 aromatic rings. The molecular weight excluding hydrogens is 140 g/mol. The van der Waals surface area contributed by atoms with Crippen LogP contribution in [0.2, 0.25) is 0 Å². The normalized spacial score (nSPS) is 13.9. The van der Waals surface area contributed by atoms with E-state index < -0.39 is 0 Å². The molecule has 67 valence electrons. The summed E-state index contributed by atoms with van der Waals surface area (Å²) >= 11 is 0. The van der Waals surface area contributed by atoms with Crippen molar-refractivity contribution < 1.29 is 9.47 Å². The van der Waals surface area contributed by atoms with E-state index in [2.05, 4.69) is 6.92 Å². The van der Waals surface area contributed by atoms with Gasteiger partial charge in [0.25, 0.3) is 0 Å². The first-order valence-corrected chi connectivity index (χ1v) is 4.29. The van der Waals surface area contributed by atoms with E-state index in [-0.39, 0.29) is 12.4 Å². The van der Waals surface area contributed by atoms with Gasteiger partial charge < -0.3 is 9.47 Å². The van der Waals surface area contributed by atoms with Crippen LogP contribution in [0.1, 0.15) is 40.5 Å². The van der Waals surface area contributed by atoms with Crippen LogP contribution in [0.5, 0.6) is 0 Å². The lowest BCUT2D eigenvalue weighted by Gasteiger charge is -2.18. The summed E-state index contributed by atoms with van der Waals surface area (Å²) in [7, 11) is 0. The topological polar surface area (TPSA) is 18.5 Å². The van der Waals surface area contributed by atoms with Crippen molar-refractivity contribution in [3.05, 3.63) is 6.61 Å². The van der Waals surface area contributed by atoms with Crippen molar-refractivity contribution in [2.75, 3.05) is 0 Å². The number of hydrogen-bond donors (Lipinski definition) is 0. The van der Waals surface area contributed by atoms with Gasteiger partial charge in [-0.15, -0.1) is 0 Å². The second-order valence-corrected chi connectivity index (χ2v) is 2.77. The molecule has 0 aliphatic carbocycles. The van der Waals surface area contributed by atoms with Crippen molar-refractivity contribution in [3.8, 4) is 0 Å². The molecule has 0 amide bonds. The van der Waals surface area contributed by atoms with Crippen molar-refractivity contribution in [2.45, 2.75) is 52.9 Å². The van der Waals surface area contributed by atoms with Crippen LogP contribution in [-0.2, 0) is 9.47 Å². The first-order valence-electron chi connectivity index (χ1n) is 4.29. The first kappa shape index (κ1) is 10.9. The van der Waals surface area contributed by atoms with E-state index in [0.717, 1.165) is 12.8 Å². The second kappa shape index (κ2) is 6.62. The third kappa shape index (κ3) is 6.32. The lowest BCUT2D eigenvalue weighted by Crippen LogP contribution is -2.19. The van der Waals surface area contributed by atoms with Gasteiger partial charge in [0.1, 0.15) is 0 Å². The van der Waals surface area contributed by atoms with Gasteiger partial charge in [-0.3, -0.25) is 0 Å². The molecule has 0 rings (SSSR count). The highest BCUT2D eigenvalue weighted by Crippen LogP contribution is 2.07. The number of rotatable bonds is 6. The summed E-state index contributed by atoms with van der Waals surface area (Å²) in [6, 6.07) is 0. The predicted molar refractivity (Wildman–Crippen MR) is 46.0 cm³/mol. The zero-order valence-electron chi connectivity index (χ0n) is 7.96. The highest BCUT2D eigenvalue weighted by molar-refractivity contribution is 4.49. The average molecular weight is 159 g/mol. The Balaban J connectivity index is 3.50. The maximum absolute atomic E-state index is 5.48. The Kier molecular flexibility index (Phi) is 6.57. The van der Waals surface area contributed by atoms with Gasteiger partial charge >= 0.3 is 0 Å². The van der Waals surface area contributed by atoms with Crippen LogP contribution in [0, 0.1) is 6.61 Å². The molecule has 0 N–H and O–H groups in total. The van der Waals surface area contributed by atoms with Crippen molar-refractivity contribution in [1.82, 2.24) is 0 Å². The van der Waals surface area contributed by atoms with Crippen LogP contribution in [0.15, 0.2) is 0 Å². The molecular formula is C9H19O2. The van der Waals surface area contributed by atoms with E-state index in [9.17, 15) is 0 Å². The second-order valence-electron chi connectivity index (χ2n) is 2.77. The lowest BCUT2D eigenvalue weighted by atomic mass is 10.3. The maximum Gasteiger partial charge on any atom is 0.158 e. The summed E-state index contributed by atoms with van der Waals surface area (Å²) in [5.41, 5.74) is 0. The SMILES string of the molecule is C[CH]OC(CCC)OC(C)C. The Morgan fingerprint density at radius 1 is 1.36 bits per heavy atom. The zero-order chi connectivity index (χ0) is 8.69. The molecule has 0 fully saturated rings. The first-order chi connectivity index (χ1) is 5.20. The summed E-state index contributed by atoms with van der Waals surface area (Å²) in [6.07, 6.45) is 2.24. The molecule has 0 saturated heterocycles. The van der Waals surface area contributed by atoms with E-state index in [1.54, 1.807) is 6.61 Å². The highest BCUT2D eigenvalue weighted by atomic mass is 16.7. The van der Waals surface area contributed by atoms with E-state index in [4.69, 9.17) is 9.47 Å². The fourth-order valence-corrected chi connectivity index (χ4v) is 0.859. The molecule has 11 heavy (non-hydrogen) atoms. The Bertz CT molecular complexity index is 75.6. The van der Waals surface area contributed by atoms with Crippen molar-refractivity contribution >= 4 is 0 Å². The van der Waals surface area contributed by atoms with E-state index >= 15 is 0 Å². The largest absolute Gasteiger partial charge is 0.350 e. The van der Waals surface area contributed by atoms with Gasteiger partial charge in [0.2, 0.25) is 0 Å². The molecule has 0 aliphatic rings. The standard InChI is InChI=1S/C9H19O2/c1-5-7-9(10-6-2)11-8(3)4/h6,8-9H,5,7H2,1-4H3. The minimum atomic E-state index is -0.0509. The number of ether oxygens (including phenoxy) is 2. The van der Waals surface area contributed by atoms with Gasteiger partial charge in [-0.2, -0.15) is 0 Å². The fourth-order valence-electron chi connectivity index (χ4n) is 0.859. The molecule has 1 atom stereocenters. The Morgan fingerprint density at radius 2 is 2.00 bits per heavy atom. The Hall–Kier alpha value is -0.0800. The molecule has 2 heteroatoms. The molecule has 0 aromatic heterocycles. The Morgan fingerprint density at radius 3 is 2.36 bits per heavy atom. The van der Waals surface area contributed by atoms with Crippen molar-refractivity contribution in [1.29, 1.82) is 0 Å². The molecule has 0 aromatic carbocycles. The average Bonchev–Trinajstić information content (AvgIpc) is 1.87. The van der Waals surface area contributed by atoms with Crippen LogP contribution < -0.4 is 0 Å². The highest BCUT2D eigenvalue weighted by Gasteiger charge is 2.08. The Labute approximate surface area is 69.9 Å². The third-order valence-electron chi connectivity index (χ3n) is 1.24. The molecule has 1 unspecified atom stereocenters. The summed E-state index contributed by atoms with van der Waals surface area (Å²) in [6.45, 7) is 9.70. The molecule has 2 nitrogen and oxygen atoms in total. The van der Waals surface area contributed by atoms with Crippen LogP contribution in [0.4, 0.5) is 0 Å². The summed E-state index contributed by atoms with van der Waals surface area (Å²) in [5, 5.41) is 0. The molecule has 0 bridgehead atoms. The molecule has 0 aliphatic heterocycles. The monoisotopic (exact) mass is 159 g/mol. The quantitative estimate of drug-likeness (QED) is 0.555. The van der Waals surface area contributed by atoms with Gasteiger partial charge in [0.15, 0.2) is 6.29 Å². The maximum atomic E-state index is 5.48. The van der Waals surface area contributed by atoms with Gasteiger partial charge in [-0.25, -0.2) is 0 Å². The summed E-state index contributed by atoms with van der Waals surface area (Å²) in [5.74, 6) is 0.